The minimum Gasteiger partial charge on any atom is -0.508 e. The third-order valence-electron chi connectivity index (χ3n) is 2.92. The van der Waals surface area contributed by atoms with E-state index >= 15 is 0 Å². The minimum atomic E-state index is -4.70. The van der Waals surface area contributed by atoms with Crippen molar-refractivity contribution in [3.8, 4) is 11.5 Å². The average Bonchev–Trinajstić information content (AvgIpc) is 2.48. The van der Waals surface area contributed by atoms with Gasteiger partial charge in [0.1, 0.15) is 17.2 Å². The third-order valence-corrected chi connectivity index (χ3v) is 2.92. The van der Waals surface area contributed by atoms with E-state index in [-0.39, 0.29) is 22.7 Å². The second-order valence-electron chi connectivity index (χ2n) is 4.60. The van der Waals surface area contributed by atoms with Crippen molar-refractivity contribution in [2.24, 2.45) is 5.10 Å². The van der Waals surface area contributed by atoms with Crippen LogP contribution in [-0.2, 0) is 6.18 Å². The Bertz CT molecular complexity index is 806. The first-order valence-corrected chi connectivity index (χ1v) is 6.35. The maximum Gasteiger partial charge on any atom is 0.416 e. The number of phenolic OH excluding ortho intramolecular Hbond substituents is 2. The lowest BCUT2D eigenvalue weighted by Crippen LogP contribution is -2.06. The number of hydrazone groups is 1. The number of hydrogen-bond donors (Lipinski definition) is 3. The van der Waals surface area contributed by atoms with E-state index in [4.69, 9.17) is 5.11 Å². The second kappa shape index (κ2) is 6.44. The van der Waals surface area contributed by atoms with Crippen LogP contribution in [0.1, 0.15) is 11.1 Å². The molecule has 0 heterocycles. The van der Waals surface area contributed by atoms with Crippen LogP contribution in [0.4, 0.5) is 24.5 Å². The molecule has 0 aromatic heterocycles. The fraction of sp³-hybridized carbons (Fsp3) is 0.0714. The van der Waals surface area contributed by atoms with Crippen molar-refractivity contribution in [1.82, 2.24) is 0 Å². The summed E-state index contributed by atoms with van der Waals surface area (Å²) in [5.74, 6) is -0.460. The molecule has 0 fully saturated rings. The van der Waals surface area contributed by atoms with E-state index in [9.17, 15) is 28.4 Å². The molecule has 0 amide bonds. The zero-order valence-electron chi connectivity index (χ0n) is 11.8. The molecule has 0 spiro atoms. The van der Waals surface area contributed by atoms with Gasteiger partial charge >= 0.3 is 6.18 Å². The summed E-state index contributed by atoms with van der Waals surface area (Å²) in [5.41, 5.74) is 0.245. The predicted molar refractivity (Wildman–Crippen MR) is 79.1 cm³/mol. The van der Waals surface area contributed by atoms with Crippen LogP contribution in [-0.4, -0.2) is 21.4 Å². The highest BCUT2D eigenvalue weighted by Crippen LogP contribution is 2.35. The van der Waals surface area contributed by atoms with Crippen LogP contribution in [0.3, 0.4) is 0 Å². The lowest BCUT2D eigenvalue weighted by molar-refractivity contribution is -0.384. The fourth-order valence-electron chi connectivity index (χ4n) is 1.77. The Labute approximate surface area is 132 Å². The van der Waals surface area contributed by atoms with Gasteiger partial charge in [0.2, 0.25) is 0 Å². The summed E-state index contributed by atoms with van der Waals surface area (Å²) in [6.45, 7) is 0. The lowest BCUT2D eigenvalue weighted by Gasteiger charge is -2.08. The van der Waals surface area contributed by atoms with E-state index in [1.165, 1.54) is 12.1 Å². The van der Waals surface area contributed by atoms with Crippen molar-refractivity contribution in [2.75, 3.05) is 5.43 Å². The summed E-state index contributed by atoms with van der Waals surface area (Å²) in [5, 5.41) is 33.2. The normalized spacial score (nSPS) is 11.6. The van der Waals surface area contributed by atoms with Crippen molar-refractivity contribution in [3.05, 3.63) is 57.6 Å². The summed E-state index contributed by atoms with van der Waals surface area (Å²) in [6.07, 6.45) is -3.61. The molecule has 0 bridgehead atoms. The molecule has 0 unspecified atom stereocenters. The number of nitrogens with one attached hydrogen (secondary N) is 1. The van der Waals surface area contributed by atoms with Gasteiger partial charge in [0.15, 0.2) is 0 Å². The maximum atomic E-state index is 12.6. The number of hydrogen-bond acceptors (Lipinski definition) is 6. The van der Waals surface area contributed by atoms with Gasteiger partial charge in [-0.15, -0.1) is 0 Å². The zero-order valence-corrected chi connectivity index (χ0v) is 11.8. The second-order valence-corrected chi connectivity index (χ2v) is 4.60. The Morgan fingerprint density at radius 2 is 1.88 bits per heavy atom. The third kappa shape index (κ3) is 3.91. The van der Waals surface area contributed by atoms with Crippen LogP contribution < -0.4 is 5.43 Å². The number of halogens is 3. The first-order valence-electron chi connectivity index (χ1n) is 6.35. The molecule has 0 aliphatic carbocycles. The number of nitrogens with zero attached hydrogens (tertiary/aromatic N) is 2. The highest BCUT2D eigenvalue weighted by Gasteiger charge is 2.33. The highest BCUT2D eigenvalue weighted by atomic mass is 19.4. The van der Waals surface area contributed by atoms with Crippen molar-refractivity contribution in [2.45, 2.75) is 6.18 Å². The van der Waals surface area contributed by atoms with E-state index in [1.54, 1.807) is 0 Å². The molecule has 3 N–H and O–H groups in total. The molecule has 24 heavy (non-hydrogen) atoms. The quantitative estimate of drug-likeness (QED) is 0.448. The van der Waals surface area contributed by atoms with Crippen molar-refractivity contribution >= 4 is 17.6 Å². The molecular formula is C14H10F3N3O4. The Morgan fingerprint density at radius 1 is 1.17 bits per heavy atom. The number of anilines is 1. The Kier molecular flexibility index (Phi) is 4.58. The van der Waals surface area contributed by atoms with Gasteiger partial charge in [-0.2, -0.15) is 18.3 Å². The largest absolute Gasteiger partial charge is 0.508 e. The van der Waals surface area contributed by atoms with Gasteiger partial charge in [0.05, 0.1) is 16.7 Å². The molecule has 2 rings (SSSR count). The number of rotatable bonds is 4. The molecule has 0 saturated carbocycles. The Morgan fingerprint density at radius 3 is 2.46 bits per heavy atom. The summed E-state index contributed by atoms with van der Waals surface area (Å²) >= 11 is 0. The first kappa shape index (κ1) is 17.1. The zero-order chi connectivity index (χ0) is 17.9. The highest BCUT2D eigenvalue weighted by molar-refractivity contribution is 5.84. The maximum absolute atomic E-state index is 12.6. The average molecular weight is 341 g/mol. The fourth-order valence-corrected chi connectivity index (χ4v) is 1.77. The molecule has 126 valence electrons. The number of alkyl halides is 3. The number of aromatic hydroxyl groups is 2. The molecule has 0 aliphatic rings. The smallest absolute Gasteiger partial charge is 0.416 e. The number of phenols is 2. The molecule has 0 aliphatic heterocycles. The molecule has 2 aromatic rings. The molecule has 0 saturated heterocycles. The van der Waals surface area contributed by atoms with Crippen LogP contribution >= 0.6 is 0 Å². The van der Waals surface area contributed by atoms with Gasteiger partial charge in [0.25, 0.3) is 5.69 Å². The topological polar surface area (TPSA) is 108 Å². The van der Waals surface area contributed by atoms with Crippen LogP contribution in [0.5, 0.6) is 11.5 Å². The van der Waals surface area contributed by atoms with Gasteiger partial charge in [0, 0.05) is 17.7 Å². The van der Waals surface area contributed by atoms with Crippen LogP contribution in [0.25, 0.3) is 0 Å². The minimum absolute atomic E-state index is 0.170. The van der Waals surface area contributed by atoms with E-state index in [2.05, 4.69) is 10.5 Å². The van der Waals surface area contributed by atoms with E-state index < -0.39 is 22.4 Å². The molecule has 10 heteroatoms. The van der Waals surface area contributed by atoms with Crippen molar-refractivity contribution in [1.29, 1.82) is 0 Å². The standard InChI is InChI=1S/C14H10F3N3O4/c15-14(16,17)9-2-4-11(12(5-9)20(23)24)19-18-7-8-1-3-10(21)6-13(8)22/h1-7,19,21-22H. The van der Waals surface area contributed by atoms with E-state index in [0.29, 0.717) is 12.1 Å². The van der Waals surface area contributed by atoms with Gasteiger partial charge in [-0.3, -0.25) is 15.5 Å². The van der Waals surface area contributed by atoms with Crippen LogP contribution in [0.2, 0.25) is 0 Å². The van der Waals surface area contributed by atoms with Gasteiger partial charge in [-0.1, -0.05) is 0 Å². The SMILES string of the molecule is O=[N+]([O-])c1cc(C(F)(F)F)ccc1NN=Cc1ccc(O)cc1O. The summed E-state index contributed by atoms with van der Waals surface area (Å²) < 4.78 is 37.8. The van der Waals surface area contributed by atoms with Gasteiger partial charge in [-0.05, 0) is 24.3 Å². The van der Waals surface area contributed by atoms with Crippen LogP contribution in [0.15, 0.2) is 41.5 Å². The molecule has 0 atom stereocenters. The number of nitro benzene ring substituents is 1. The number of nitro groups is 1. The number of benzene rings is 2. The molecule has 0 radical (unpaired) electrons. The molecule has 2 aromatic carbocycles. The monoisotopic (exact) mass is 341 g/mol. The predicted octanol–water partition coefficient (Wildman–Crippen LogP) is 3.47. The van der Waals surface area contributed by atoms with Crippen molar-refractivity contribution < 1.29 is 28.3 Å². The lowest BCUT2D eigenvalue weighted by atomic mass is 10.1. The summed E-state index contributed by atoms with van der Waals surface area (Å²) in [4.78, 5) is 9.94. The van der Waals surface area contributed by atoms with Crippen LogP contribution in [0, 0.1) is 10.1 Å². The first-order chi connectivity index (χ1) is 11.2. The summed E-state index contributed by atoms with van der Waals surface area (Å²) in [7, 11) is 0. The van der Waals surface area contributed by atoms with Crippen molar-refractivity contribution in [3.63, 3.8) is 0 Å². The van der Waals surface area contributed by atoms with E-state index in [1.807, 2.05) is 0 Å². The Balaban J connectivity index is 2.26. The summed E-state index contributed by atoms with van der Waals surface area (Å²) in [6, 6.07) is 5.63. The van der Waals surface area contributed by atoms with Gasteiger partial charge < -0.3 is 10.2 Å². The van der Waals surface area contributed by atoms with Gasteiger partial charge in [-0.25, -0.2) is 0 Å². The molecule has 7 nitrogen and oxygen atoms in total. The molecular weight excluding hydrogens is 331 g/mol. The Hall–Kier alpha value is -3.30. The van der Waals surface area contributed by atoms with E-state index in [0.717, 1.165) is 18.3 Å².